The van der Waals surface area contributed by atoms with Gasteiger partial charge in [0.2, 0.25) is 5.39 Å². The molecule has 0 aliphatic heterocycles. The molecule has 0 fully saturated rings. The van der Waals surface area contributed by atoms with Gasteiger partial charge in [-0.2, -0.15) is 0 Å². The molecule has 0 N–H and O–H groups in total. The van der Waals surface area contributed by atoms with Crippen LogP contribution < -0.4 is 0 Å². The minimum Gasteiger partial charge on any atom is -0.0443 e. The van der Waals surface area contributed by atoms with Gasteiger partial charge in [0, 0.05) is 15.2 Å². The Morgan fingerprint density at radius 3 is 2.70 bits per heavy atom. The molecular weight excluding hydrogens is 239 g/mol. The molecule has 0 saturated carbocycles. The van der Waals surface area contributed by atoms with E-state index in [9.17, 15) is 0 Å². The van der Waals surface area contributed by atoms with E-state index >= 15 is 0 Å². The zero-order valence-electron chi connectivity index (χ0n) is 5.50. The highest BCUT2D eigenvalue weighted by molar-refractivity contribution is 14.1. The lowest BCUT2D eigenvalue weighted by Crippen LogP contribution is -1.73. The Morgan fingerprint density at radius 1 is 1.50 bits per heavy atom. The molecule has 0 aliphatic carbocycles. The molecule has 2 nitrogen and oxygen atoms in total. The van der Waals surface area contributed by atoms with Crippen molar-refractivity contribution in [3.63, 3.8) is 0 Å². The minimum absolute atomic E-state index is 0.639. The summed E-state index contributed by atoms with van der Waals surface area (Å²) in [6, 6.07) is 5.66. The molecule has 0 saturated heterocycles. The molecule has 1 aromatic rings. The lowest BCUT2D eigenvalue weighted by molar-refractivity contribution is 1.40. The first-order valence-electron chi connectivity index (χ1n) is 2.85. The summed E-state index contributed by atoms with van der Waals surface area (Å²) in [4.78, 5) is 3.11. The molecule has 0 aliphatic rings. The Hall–Kier alpha value is -0.630. The van der Waals surface area contributed by atoms with Crippen molar-refractivity contribution in [1.82, 2.24) is 0 Å². The van der Waals surface area contributed by atoms with Crippen molar-refractivity contribution in [2.24, 2.45) is 0 Å². The van der Waals surface area contributed by atoms with Crippen molar-refractivity contribution < 1.29 is 0 Å². The van der Waals surface area contributed by atoms with Crippen molar-refractivity contribution in [2.75, 3.05) is 0 Å². The maximum atomic E-state index is 8.43. The molecule has 0 radical (unpaired) electrons. The third kappa shape index (κ3) is 1.45. The average molecular weight is 245 g/mol. The first-order valence-corrected chi connectivity index (χ1v) is 3.93. The summed E-state index contributed by atoms with van der Waals surface area (Å²) >= 11 is 2.22. The van der Waals surface area contributed by atoms with E-state index in [1.807, 2.05) is 19.1 Å². The number of nitrogens with zero attached hydrogens (tertiary/aromatic N) is 2. The Bertz CT molecular complexity index is 288. The number of diazo groups is 1. The van der Waals surface area contributed by atoms with Gasteiger partial charge in [-0.05, 0) is 41.6 Å². The van der Waals surface area contributed by atoms with Gasteiger partial charge in [-0.3, -0.25) is 0 Å². The van der Waals surface area contributed by atoms with Gasteiger partial charge in [0.05, 0.1) is 0 Å². The standard InChI is InChI=1S/C7H6IN2/c1-5-4-6(8)2-3-7(5)10-9/h2-4H,1H3/q+1. The highest BCUT2D eigenvalue weighted by Crippen LogP contribution is 2.19. The number of rotatable bonds is 0. The van der Waals surface area contributed by atoms with Crippen molar-refractivity contribution in [2.45, 2.75) is 6.92 Å². The normalized spacial score (nSPS) is 8.90. The van der Waals surface area contributed by atoms with Crippen LogP contribution in [0.15, 0.2) is 18.2 Å². The summed E-state index contributed by atoms with van der Waals surface area (Å²) in [6.07, 6.45) is 0. The van der Waals surface area contributed by atoms with Gasteiger partial charge in [0.15, 0.2) is 4.98 Å². The smallest absolute Gasteiger partial charge is 0.0443 e. The SMILES string of the molecule is Cc1cc(I)ccc1[N+]#N. The second-order valence-corrected chi connectivity index (χ2v) is 3.28. The number of aryl methyl sites for hydroxylation is 1. The molecule has 10 heavy (non-hydrogen) atoms. The van der Waals surface area contributed by atoms with Crippen LogP contribution in [0.4, 0.5) is 5.69 Å². The lowest BCUT2D eigenvalue weighted by atomic mass is 10.2. The van der Waals surface area contributed by atoms with Gasteiger partial charge in [-0.1, -0.05) is 0 Å². The number of benzene rings is 1. The molecule has 1 rings (SSSR count). The first kappa shape index (κ1) is 7.48. The lowest BCUT2D eigenvalue weighted by Gasteiger charge is -1.87. The second-order valence-electron chi connectivity index (χ2n) is 2.03. The topological polar surface area (TPSA) is 28.1 Å². The van der Waals surface area contributed by atoms with Crippen molar-refractivity contribution >= 4 is 28.3 Å². The van der Waals surface area contributed by atoms with Crippen LogP contribution in [0.3, 0.4) is 0 Å². The second kappa shape index (κ2) is 2.97. The summed E-state index contributed by atoms with van der Waals surface area (Å²) in [5.74, 6) is 0. The van der Waals surface area contributed by atoms with Crippen LogP contribution in [-0.4, -0.2) is 0 Å². The summed E-state index contributed by atoms with van der Waals surface area (Å²) in [6.45, 7) is 1.91. The zero-order chi connectivity index (χ0) is 7.56. The summed E-state index contributed by atoms with van der Waals surface area (Å²) < 4.78 is 1.16. The molecule has 0 amide bonds. The predicted molar refractivity (Wildman–Crippen MR) is 48.6 cm³/mol. The Balaban J connectivity index is 3.23. The Labute approximate surface area is 73.0 Å². The molecule has 0 bridgehead atoms. The Kier molecular flexibility index (Phi) is 2.22. The highest BCUT2D eigenvalue weighted by atomic mass is 127. The van der Waals surface area contributed by atoms with Crippen LogP contribution in [0.2, 0.25) is 0 Å². The molecule has 0 unspecified atom stereocenters. The maximum absolute atomic E-state index is 8.43. The van der Waals surface area contributed by atoms with Gasteiger partial charge in [-0.25, -0.2) is 0 Å². The third-order valence-corrected chi connectivity index (χ3v) is 1.94. The van der Waals surface area contributed by atoms with Crippen LogP contribution in [0.25, 0.3) is 4.98 Å². The molecule has 0 spiro atoms. The Morgan fingerprint density at radius 2 is 2.20 bits per heavy atom. The fourth-order valence-electron chi connectivity index (χ4n) is 0.731. The maximum Gasteiger partial charge on any atom is 0.387 e. The molecule has 1 aromatic carbocycles. The van der Waals surface area contributed by atoms with E-state index in [2.05, 4.69) is 27.6 Å². The molecule has 0 atom stereocenters. The van der Waals surface area contributed by atoms with E-state index in [0.29, 0.717) is 5.69 Å². The van der Waals surface area contributed by atoms with Crippen molar-refractivity contribution in [3.05, 3.63) is 32.3 Å². The van der Waals surface area contributed by atoms with Crippen LogP contribution in [0, 0.1) is 15.9 Å². The van der Waals surface area contributed by atoms with Crippen LogP contribution in [-0.2, 0) is 0 Å². The van der Waals surface area contributed by atoms with Gasteiger partial charge in [-0.15, -0.1) is 0 Å². The fourth-order valence-corrected chi connectivity index (χ4v) is 1.38. The quantitative estimate of drug-likeness (QED) is 0.509. The number of hydrogen-bond donors (Lipinski definition) is 0. The highest BCUT2D eigenvalue weighted by Gasteiger charge is 2.07. The van der Waals surface area contributed by atoms with E-state index in [1.54, 1.807) is 6.07 Å². The molecule has 0 aromatic heterocycles. The van der Waals surface area contributed by atoms with Gasteiger partial charge >= 0.3 is 5.69 Å². The molecule has 3 heteroatoms. The zero-order valence-corrected chi connectivity index (χ0v) is 7.66. The van der Waals surface area contributed by atoms with E-state index in [4.69, 9.17) is 5.39 Å². The molecule has 0 heterocycles. The molecule has 50 valence electrons. The largest absolute Gasteiger partial charge is 0.387 e. The van der Waals surface area contributed by atoms with Crippen LogP contribution >= 0.6 is 22.6 Å². The van der Waals surface area contributed by atoms with Gasteiger partial charge in [0.25, 0.3) is 0 Å². The van der Waals surface area contributed by atoms with E-state index in [1.165, 1.54) is 0 Å². The van der Waals surface area contributed by atoms with E-state index in [0.717, 1.165) is 9.13 Å². The van der Waals surface area contributed by atoms with Gasteiger partial charge < -0.3 is 0 Å². The summed E-state index contributed by atoms with van der Waals surface area (Å²) in [5.41, 5.74) is 1.63. The first-order chi connectivity index (χ1) is 4.74. The number of halogens is 1. The van der Waals surface area contributed by atoms with E-state index in [-0.39, 0.29) is 0 Å². The summed E-state index contributed by atoms with van der Waals surface area (Å²) in [7, 11) is 0. The van der Waals surface area contributed by atoms with E-state index < -0.39 is 0 Å². The van der Waals surface area contributed by atoms with Crippen LogP contribution in [0.5, 0.6) is 0 Å². The predicted octanol–water partition coefficient (Wildman–Crippen LogP) is 3.08. The third-order valence-electron chi connectivity index (χ3n) is 1.27. The van der Waals surface area contributed by atoms with Gasteiger partial charge in [0.1, 0.15) is 0 Å². The molecular formula is C7H6IN2+. The summed E-state index contributed by atoms with van der Waals surface area (Å²) in [5, 5.41) is 8.43. The van der Waals surface area contributed by atoms with Crippen molar-refractivity contribution in [1.29, 1.82) is 5.39 Å². The van der Waals surface area contributed by atoms with Crippen molar-refractivity contribution in [3.8, 4) is 0 Å². The number of hydrogen-bond acceptors (Lipinski definition) is 1. The monoisotopic (exact) mass is 245 g/mol. The van der Waals surface area contributed by atoms with Crippen LogP contribution in [0.1, 0.15) is 5.56 Å². The fraction of sp³-hybridized carbons (Fsp3) is 0.143. The average Bonchev–Trinajstić information content (AvgIpc) is 1.88. The minimum atomic E-state index is 0.639.